The first kappa shape index (κ1) is 32.9. The second-order valence-corrected chi connectivity index (χ2v) is 13.7. The van der Waals surface area contributed by atoms with Crippen LogP contribution in [0.4, 0.5) is 28.9 Å². The summed E-state index contributed by atoms with van der Waals surface area (Å²) in [7, 11) is -6.93. The quantitative estimate of drug-likeness (QED) is 0.241. The molecule has 4 rings (SSSR count). The number of aliphatic carboxylic acids is 1. The van der Waals surface area contributed by atoms with Gasteiger partial charge in [-0.15, -0.1) is 0 Å². The molecule has 16 heteroatoms. The fourth-order valence-corrected chi connectivity index (χ4v) is 7.12. The number of carboxylic acids is 1. The predicted octanol–water partition coefficient (Wildman–Crippen LogP) is 4.78. The molecule has 0 aliphatic heterocycles. The lowest BCUT2D eigenvalue weighted by atomic mass is 9.69. The molecule has 10 nitrogen and oxygen atoms in total. The minimum atomic E-state index is -4.79. The first-order valence-corrected chi connectivity index (χ1v) is 16.1. The van der Waals surface area contributed by atoms with Gasteiger partial charge in [0.1, 0.15) is 5.82 Å². The summed E-state index contributed by atoms with van der Waals surface area (Å²) in [5.74, 6) is -6.56. The Bertz CT molecular complexity index is 1780. The second-order valence-electron chi connectivity index (χ2n) is 10.1. The monoisotopic (exact) mass is 657 g/mol. The van der Waals surface area contributed by atoms with Gasteiger partial charge in [0.05, 0.1) is 32.9 Å². The summed E-state index contributed by atoms with van der Waals surface area (Å²) >= 11 is 0. The highest BCUT2D eigenvalue weighted by Crippen LogP contribution is 2.43. The maximum absolute atomic E-state index is 14.3. The van der Waals surface area contributed by atoms with Crippen molar-refractivity contribution in [1.29, 1.82) is 0 Å². The molecule has 0 spiro atoms. The molecule has 0 radical (unpaired) electrons. The molecule has 0 bridgehead atoms. The van der Waals surface area contributed by atoms with Gasteiger partial charge in [0.25, 0.3) is 10.0 Å². The Balaban J connectivity index is 1.52. The minimum Gasteiger partial charge on any atom is -0.481 e. The van der Waals surface area contributed by atoms with Crippen molar-refractivity contribution in [2.45, 2.75) is 41.1 Å². The van der Waals surface area contributed by atoms with E-state index in [-0.39, 0.29) is 28.0 Å². The van der Waals surface area contributed by atoms with Gasteiger partial charge in [-0.1, -0.05) is 24.6 Å². The molecule has 3 atom stereocenters. The van der Waals surface area contributed by atoms with Gasteiger partial charge in [-0.05, 0) is 79.9 Å². The Kier molecular flexibility index (Phi) is 9.37. The topological polar surface area (TPSA) is 159 Å². The summed E-state index contributed by atoms with van der Waals surface area (Å²) in [6.07, 6.45) is -3.86. The van der Waals surface area contributed by atoms with Crippen LogP contribution < -0.4 is 14.8 Å². The molecule has 44 heavy (non-hydrogen) atoms. The number of alkyl halides is 3. The van der Waals surface area contributed by atoms with Crippen LogP contribution in [-0.4, -0.2) is 40.9 Å². The summed E-state index contributed by atoms with van der Waals surface area (Å²) in [4.78, 5) is 24.8. The molecule has 0 unspecified atom stereocenters. The van der Waals surface area contributed by atoms with Crippen molar-refractivity contribution in [3.8, 4) is 0 Å². The molecule has 0 aromatic heterocycles. The Hall–Kier alpha value is -4.02. The normalized spacial score (nSPS) is 19.2. The van der Waals surface area contributed by atoms with Crippen molar-refractivity contribution in [1.82, 2.24) is 4.72 Å². The standard InChI is InChI=1S/C28H27F4N3O7S2/c1-33-43(39,40)19-4-2-5-20(15-19)44(41,42)35-18-11-8-16(9-12-18)21-6-3-7-22(25(21)27(37)38)26(36)34-24-13-10-17(14-23(24)29)28(30,31)32/h2,4-5,8-15,21-22,25,33,35H,3,6-7H2,1H3,(H,34,36)(H,37,38)/t21-,22-,25-/m1/s1. The maximum Gasteiger partial charge on any atom is 0.416 e. The average molecular weight is 658 g/mol. The van der Waals surface area contributed by atoms with Crippen LogP contribution in [0.25, 0.3) is 0 Å². The van der Waals surface area contributed by atoms with Crippen molar-refractivity contribution in [2.75, 3.05) is 17.1 Å². The summed E-state index contributed by atoms with van der Waals surface area (Å²) in [6, 6.07) is 12.1. The molecule has 1 aliphatic carbocycles. The number of hydrogen-bond donors (Lipinski definition) is 4. The van der Waals surface area contributed by atoms with Gasteiger partial charge >= 0.3 is 12.1 Å². The van der Waals surface area contributed by atoms with Gasteiger partial charge in [0.2, 0.25) is 15.9 Å². The second kappa shape index (κ2) is 12.5. The molecule has 1 fully saturated rings. The first-order valence-electron chi connectivity index (χ1n) is 13.1. The third-order valence-electron chi connectivity index (χ3n) is 7.36. The molecule has 3 aromatic carbocycles. The zero-order chi connectivity index (χ0) is 32.4. The van der Waals surface area contributed by atoms with E-state index in [2.05, 4.69) is 14.8 Å². The van der Waals surface area contributed by atoms with Crippen molar-refractivity contribution >= 4 is 43.3 Å². The number of hydrogen-bond acceptors (Lipinski definition) is 6. The molecule has 1 aliphatic rings. The lowest BCUT2D eigenvalue weighted by Gasteiger charge is -2.35. The summed E-state index contributed by atoms with van der Waals surface area (Å²) in [5, 5.41) is 12.3. The van der Waals surface area contributed by atoms with E-state index in [1.165, 1.54) is 49.5 Å². The van der Waals surface area contributed by atoms with E-state index in [1.807, 2.05) is 0 Å². The van der Waals surface area contributed by atoms with Crippen LogP contribution in [0, 0.1) is 17.7 Å². The van der Waals surface area contributed by atoms with Gasteiger partial charge < -0.3 is 10.4 Å². The van der Waals surface area contributed by atoms with E-state index in [4.69, 9.17) is 0 Å². The number of nitrogens with one attached hydrogen (secondary N) is 3. The molecule has 1 saturated carbocycles. The van der Waals surface area contributed by atoms with Crippen molar-refractivity contribution < 1.29 is 49.1 Å². The molecule has 0 heterocycles. The first-order chi connectivity index (χ1) is 20.5. The Labute approximate surface area is 250 Å². The number of carbonyl (C=O) groups excluding carboxylic acids is 1. The van der Waals surface area contributed by atoms with Crippen LogP contribution in [0.3, 0.4) is 0 Å². The molecule has 3 aromatic rings. The summed E-state index contributed by atoms with van der Waals surface area (Å²) in [5.41, 5.74) is -1.17. The van der Waals surface area contributed by atoms with E-state index in [9.17, 15) is 49.1 Å². The van der Waals surface area contributed by atoms with E-state index in [1.54, 1.807) is 0 Å². The summed E-state index contributed by atoms with van der Waals surface area (Å²) < 4.78 is 107. The maximum atomic E-state index is 14.3. The molecule has 1 amide bonds. The van der Waals surface area contributed by atoms with E-state index in [0.717, 1.165) is 12.1 Å². The number of amides is 1. The lowest BCUT2D eigenvalue weighted by molar-refractivity contribution is -0.148. The highest BCUT2D eigenvalue weighted by molar-refractivity contribution is 7.93. The van der Waals surface area contributed by atoms with Gasteiger partial charge in [0, 0.05) is 5.69 Å². The predicted molar refractivity (Wildman–Crippen MR) is 151 cm³/mol. The number of halogens is 4. The smallest absolute Gasteiger partial charge is 0.416 e. The Morgan fingerprint density at radius 3 is 2.09 bits per heavy atom. The van der Waals surface area contributed by atoms with Crippen LogP contribution in [-0.2, 0) is 35.8 Å². The van der Waals surface area contributed by atoms with Gasteiger partial charge in [-0.3, -0.25) is 14.3 Å². The van der Waals surface area contributed by atoms with Crippen LogP contribution in [0.1, 0.15) is 36.3 Å². The number of anilines is 2. The molecular formula is C28H27F4N3O7S2. The van der Waals surface area contributed by atoms with Crippen molar-refractivity contribution in [3.63, 3.8) is 0 Å². The van der Waals surface area contributed by atoms with E-state index < -0.39 is 72.9 Å². The summed E-state index contributed by atoms with van der Waals surface area (Å²) in [6.45, 7) is 0. The molecule has 236 valence electrons. The van der Waals surface area contributed by atoms with Gasteiger partial charge in [-0.25, -0.2) is 25.9 Å². The Morgan fingerprint density at radius 2 is 1.52 bits per heavy atom. The fraction of sp³-hybridized carbons (Fsp3) is 0.286. The minimum absolute atomic E-state index is 0.102. The average Bonchev–Trinajstić information content (AvgIpc) is 2.97. The third kappa shape index (κ3) is 7.19. The molecule has 4 N–H and O–H groups in total. The number of carbonyl (C=O) groups is 2. The SMILES string of the molecule is CNS(=O)(=O)c1cccc(S(=O)(=O)Nc2ccc([C@H]3CCC[C@@H](C(=O)Nc4ccc(C(F)(F)F)cc4F)[C@@H]3C(=O)O)cc2)c1. The van der Waals surface area contributed by atoms with Crippen LogP contribution in [0.5, 0.6) is 0 Å². The number of carboxylic acid groups (broad SMARTS) is 1. The van der Waals surface area contributed by atoms with Crippen molar-refractivity contribution in [2.24, 2.45) is 11.8 Å². The van der Waals surface area contributed by atoms with Crippen molar-refractivity contribution in [3.05, 3.63) is 83.7 Å². The number of sulfonamides is 2. The fourth-order valence-electron chi connectivity index (χ4n) is 5.17. The van der Waals surface area contributed by atoms with E-state index >= 15 is 0 Å². The van der Waals surface area contributed by atoms with Crippen LogP contribution in [0.2, 0.25) is 0 Å². The highest BCUT2D eigenvalue weighted by Gasteiger charge is 2.43. The van der Waals surface area contributed by atoms with Crippen LogP contribution in [0.15, 0.2) is 76.5 Å². The van der Waals surface area contributed by atoms with Crippen LogP contribution >= 0.6 is 0 Å². The zero-order valence-corrected chi connectivity index (χ0v) is 24.6. The van der Waals surface area contributed by atoms with E-state index in [0.29, 0.717) is 24.5 Å². The zero-order valence-electron chi connectivity index (χ0n) is 22.9. The van der Waals surface area contributed by atoms with Gasteiger partial charge in [-0.2, -0.15) is 13.2 Å². The number of benzene rings is 3. The molecular weight excluding hydrogens is 630 g/mol. The Morgan fingerprint density at radius 1 is 0.886 bits per heavy atom. The molecule has 0 saturated heterocycles. The number of rotatable bonds is 9. The highest BCUT2D eigenvalue weighted by atomic mass is 32.2. The largest absolute Gasteiger partial charge is 0.481 e. The lowest BCUT2D eigenvalue weighted by Crippen LogP contribution is -2.40. The van der Waals surface area contributed by atoms with Gasteiger partial charge in [0.15, 0.2) is 0 Å². The third-order valence-corrected chi connectivity index (χ3v) is 10.2.